The predicted octanol–water partition coefficient (Wildman–Crippen LogP) is 4.18. The summed E-state index contributed by atoms with van der Waals surface area (Å²) in [7, 11) is 0. The second-order valence-corrected chi connectivity index (χ2v) is 5.91. The van der Waals surface area contributed by atoms with Crippen molar-refractivity contribution in [1.29, 1.82) is 0 Å². The number of carbonyl (C=O) groups is 1. The molecule has 0 radical (unpaired) electrons. The van der Waals surface area contributed by atoms with E-state index in [2.05, 4.69) is 15.6 Å². The van der Waals surface area contributed by atoms with Crippen molar-refractivity contribution in [3.05, 3.63) is 57.7 Å². The normalized spacial score (nSPS) is 11.2. The fourth-order valence-corrected chi connectivity index (χ4v) is 2.42. The third-order valence-corrected chi connectivity index (χ3v) is 3.87. The van der Waals surface area contributed by atoms with E-state index in [0.717, 1.165) is 6.07 Å². The third kappa shape index (κ3) is 5.79. The summed E-state index contributed by atoms with van der Waals surface area (Å²) >= 11 is 11.8. The van der Waals surface area contributed by atoms with E-state index in [1.54, 1.807) is 24.3 Å². The van der Waals surface area contributed by atoms with Crippen molar-refractivity contribution in [2.24, 2.45) is 0 Å². The van der Waals surface area contributed by atoms with Gasteiger partial charge in [0.25, 0.3) is 0 Å². The fourth-order valence-electron chi connectivity index (χ4n) is 1.98. The van der Waals surface area contributed by atoms with Crippen molar-refractivity contribution >= 4 is 34.9 Å². The highest BCUT2D eigenvalue weighted by Crippen LogP contribution is 2.32. The van der Waals surface area contributed by atoms with Gasteiger partial charge in [-0.15, -0.1) is 0 Å². The molecule has 1 heterocycles. The highest BCUT2D eigenvalue weighted by atomic mass is 35.5. The number of aromatic nitrogens is 1. The lowest BCUT2D eigenvalue weighted by molar-refractivity contribution is -0.137. The molecule has 0 unspecified atom stereocenters. The van der Waals surface area contributed by atoms with Crippen LogP contribution >= 0.6 is 23.2 Å². The number of anilines is 1. The maximum Gasteiger partial charge on any atom is 0.417 e. The highest BCUT2D eigenvalue weighted by Gasteiger charge is 2.31. The number of pyridine rings is 1. The molecule has 1 aromatic heterocycles. The second-order valence-electron chi connectivity index (χ2n) is 5.10. The second kappa shape index (κ2) is 8.40. The molecule has 0 aliphatic rings. The van der Waals surface area contributed by atoms with E-state index in [0.29, 0.717) is 16.8 Å². The zero-order valence-electron chi connectivity index (χ0n) is 12.8. The molecule has 2 rings (SSSR count). The van der Waals surface area contributed by atoms with Gasteiger partial charge in [0.05, 0.1) is 17.0 Å². The first-order chi connectivity index (χ1) is 11.8. The summed E-state index contributed by atoms with van der Waals surface area (Å²) in [5.41, 5.74) is -0.210. The number of hydrogen-bond acceptors (Lipinski definition) is 3. The molecule has 9 heteroatoms. The van der Waals surface area contributed by atoms with E-state index in [1.807, 2.05) is 0 Å². The topological polar surface area (TPSA) is 54.0 Å². The van der Waals surface area contributed by atoms with Crippen LogP contribution in [0.25, 0.3) is 0 Å². The summed E-state index contributed by atoms with van der Waals surface area (Å²) in [6.07, 6.45) is -3.66. The molecule has 0 bridgehead atoms. The molecule has 0 spiro atoms. The maximum atomic E-state index is 12.5. The molecule has 0 saturated carbocycles. The number of rotatable bonds is 6. The van der Waals surface area contributed by atoms with Crippen LogP contribution in [0.5, 0.6) is 0 Å². The van der Waals surface area contributed by atoms with Gasteiger partial charge in [-0.2, -0.15) is 13.2 Å². The van der Waals surface area contributed by atoms with E-state index in [4.69, 9.17) is 23.2 Å². The molecule has 134 valence electrons. The fraction of sp³-hybridized carbons (Fsp3) is 0.250. The third-order valence-electron chi connectivity index (χ3n) is 3.22. The van der Waals surface area contributed by atoms with Crippen molar-refractivity contribution < 1.29 is 18.0 Å². The molecule has 1 aromatic carbocycles. The Balaban J connectivity index is 1.79. The standard InChI is InChI=1S/C16H14Cl2F3N3O/c17-12-4-2-1-3-10(12)7-14(25)22-5-6-23-15-13(18)8-11(9-24-15)16(19,20)21/h1-4,8-9H,5-7H2,(H,22,25)(H,23,24). The van der Waals surface area contributed by atoms with E-state index in [-0.39, 0.29) is 36.3 Å². The van der Waals surface area contributed by atoms with Crippen LogP contribution in [0.1, 0.15) is 11.1 Å². The average molecular weight is 392 g/mol. The van der Waals surface area contributed by atoms with Crippen molar-refractivity contribution in [1.82, 2.24) is 10.3 Å². The Morgan fingerprint density at radius 2 is 1.84 bits per heavy atom. The Hall–Kier alpha value is -1.99. The molecule has 2 N–H and O–H groups in total. The molecular weight excluding hydrogens is 378 g/mol. The summed E-state index contributed by atoms with van der Waals surface area (Å²) in [5, 5.41) is 5.81. The lowest BCUT2D eigenvalue weighted by atomic mass is 10.1. The van der Waals surface area contributed by atoms with Crippen LogP contribution in [-0.2, 0) is 17.4 Å². The summed E-state index contributed by atoms with van der Waals surface area (Å²) < 4.78 is 37.6. The van der Waals surface area contributed by atoms with Gasteiger partial charge in [-0.1, -0.05) is 41.4 Å². The number of carbonyl (C=O) groups excluding carboxylic acids is 1. The van der Waals surface area contributed by atoms with E-state index >= 15 is 0 Å². The van der Waals surface area contributed by atoms with Gasteiger partial charge >= 0.3 is 6.18 Å². The van der Waals surface area contributed by atoms with Gasteiger partial charge in [-0.25, -0.2) is 4.98 Å². The summed E-state index contributed by atoms with van der Waals surface area (Å²) in [5.74, 6) is -0.101. The lowest BCUT2D eigenvalue weighted by Gasteiger charge is -2.11. The van der Waals surface area contributed by atoms with Crippen LogP contribution in [0.15, 0.2) is 36.5 Å². The van der Waals surface area contributed by atoms with Gasteiger partial charge in [-0.05, 0) is 17.7 Å². The molecule has 0 aliphatic heterocycles. The maximum absolute atomic E-state index is 12.5. The summed E-state index contributed by atoms with van der Waals surface area (Å²) in [6.45, 7) is 0.509. The lowest BCUT2D eigenvalue weighted by Crippen LogP contribution is -2.30. The largest absolute Gasteiger partial charge is 0.417 e. The van der Waals surface area contributed by atoms with Crippen molar-refractivity contribution in [3.8, 4) is 0 Å². The Bertz CT molecular complexity index is 754. The number of benzene rings is 1. The number of halogens is 5. The molecule has 25 heavy (non-hydrogen) atoms. The van der Waals surface area contributed by atoms with Crippen LogP contribution < -0.4 is 10.6 Å². The van der Waals surface area contributed by atoms with Crippen LogP contribution in [0.2, 0.25) is 10.0 Å². The average Bonchev–Trinajstić information content (AvgIpc) is 2.54. The SMILES string of the molecule is O=C(Cc1ccccc1Cl)NCCNc1ncc(C(F)(F)F)cc1Cl. The highest BCUT2D eigenvalue weighted by molar-refractivity contribution is 6.33. The van der Waals surface area contributed by atoms with Gasteiger partial charge in [0.1, 0.15) is 5.82 Å². The Morgan fingerprint density at radius 1 is 1.12 bits per heavy atom. The molecule has 4 nitrogen and oxygen atoms in total. The molecule has 2 aromatic rings. The minimum atomic E-state index is -4.50. The smallest absolute Gasteiger partial charge is 0.367 e. The summed E-state index contributed by atoms with van der Waals surface area (Å²) in [6, 6.07) is 7.81. The van der Waals surface area contributed by atoms with Crippen LogP contribution in [-0.4, -0.2) is 24.0 Å². The Labute approximate surface area is 152 Å². The van der Waals surface area contributed by atoms with Crippen molar-refractivity contribution in [2.75, 3.05) is 18.4 Å². The first-order valence-corrected chi connectivity index (χ1v) is 7.99. The van der Waals surface area contributed by atoms with Gasteiger partial charge in [-0.3, -0.25) is 4.79 Å². The van der Waals surface area contributed by atoms with Gasteiger partial charge in [0.2, 0.25) is 5.91 Å². The van der Waals surface area contributed by atoms with Gasteiger partial charge in [0, 0.05) is 24.3 Å². The number of nitrogens with zero attached hydrogens (tertiary/aromatic N) is 1. The molecule has 0 atom stereocenters. The van der Waals surface area contributed by atoms with E-state index < -0.39 is 11.7 Å². The molecule has 0 fully saturated rings. The van der Waals surface area contributed by atoms with Crippen LogP contribution in [0, 0.1) is 0 Å². The number of nitrogens with one attached hydrogen (secondary N) is 2. The zero-order chi connectivity index (χ0) is 18.4. The molecule has 0 aliphatic carbocycles. The zero-order valence-corrected chi connectivity index (χ0v) is 14.3. The monoisotopic (exact) mass is 391 g/mol. The van der Waals surface area contributed by atoms with Crippen LogP contribution in [0.3, 0.4) is 0 Å². The van der Waals surface area contributed by atoms with E-state index in [1.165, 1.54) is 0 Å². The quantitative estimate of drug-likeness (QED) is 0.726. The van der Waals surface area contributed by atoms with Crippen LogP contribution in [0.4, 0.5) is 19.0 Å². The number of alkyl halides is 3. The summed E-state index contributed by atoms with van der Waals surface area (Å²) in [4.78, 5) is 15.5. The number of amides is 1. The Kier molecular flexibility index (Phi) is 6.50. The molecule has 0 saturated heterocycles. The minimum Gasteiger partial charge on any atom is -0.367 e. The molecular formula is C16H14Cl2F3N3O. The van der Waals surface area contributed by atoms with Gasteiger partial charge < -0.3 is 10.6 Å². The number of hydrogen-bond donors (Lipinski definition) is 2. The molecule has 1 amide bonds. The first kappa shape index (κ1) is 19.3. The van der Waals surface area contributed by atoms with Crippen molar-refractivity contribution in [2.45, 2.75) is 12.6 Å². The van der Waals surface area contributed by atoms with Gasteiger partial charge in [0.15, 0.2) is 0 Å². The predicted molar refractivity (Wildman–Crippen MR) is 90.9 cm³/mol. The van der Waals surface area contributed by atoms with Crippen molar-refractivity contribution in [3.63, 3.8) is 0 Å². The minimum absolute atomic E-state index is 0.120. The van der Waals surface area contributed by atoms with E-state index in [9.17, 15) is 18.0 Å². The first-order valence-electron chi connectivity index (χ1n) is 7.24. The Morgan fingerprint density at radius 3 is 2.48 bits per heavy atom.